The minimum Gasteiger partial charge on any atom is -0.324 e. The van der Waals surface area contributed by atoms with Crippen LogP contribution < -0.4 is 5.73 Å². The molecule has 64 valence electrons. The molecule has 0 fully saturated rings. The minimum atomic E-state index is 0.288. The fourth-order valence-corrected chi connectivity index (χ4v) is 2.22. The molecule has 0 spiro atoms. The summed E-state index contributed by atoms with van der Waals surface area (Å²) in [6.45, 7) is 0. The number of fused-ring (bicyclic) bond motifs is 1. The normalized spacial score (nSPS) is 21.0. The number of thioether (sulfide) groups is 1. The van der Waals surface area contributed by atoms with E-state index in [0.717, 1.165) is 12.8 Å². The van der Waals surface area contributed by atoms with Gasteiger partial charge in [0.25, 0.3) is 0 Å². The summed E-state index contributed by atoms with van der Waals surface area (Å²) < 4.78 is 0. The van der Waals surface area contributed by atoms with Gasteiger partial charge in [0, 0.05) is 10.9 Å². The summed E-state index contributed by atoms with van der Waals surface area (Å²) in [5, 5.41) is 0. The Hall–Kier alpha value is -0.470. The first-order valence-electron chi connectivity index (χ1n) is 4.23. The van der Waals surface area contributed by atoms with Crippen molar-refractivity contribution in [3.63, 3.8) is 0 Å². The molecule has 1 aliphatic rings. The largest absolute Gasteiger partial charge is 0.324 e. The molecule has 0 aliphatic heterocycles. The Morgan fingerprint density at radius 2 is 2.33 bits per heavy atom. The summed E-state index contributed by atoms with van der Waals surface area (Å²) in [4.78, 5) is 1.35. The van der Waals surface area contributed by atoms with E-state index >= 15 is 0 Å². The standard InChI is InChI=1S/C10H13NS/c1-12-8-3-4-9-7(6-8)2-5-10(9)11/h3-4,6,10H,2,5,11H2,1H3. The molecular formula is C10H13NS. The average molecular weight is 179 g/mol. The van der Waals surface area contributed by atoms with Crippen LogP contribution in [0, 0.1) is 0 Å². The molecule has 0 heterocycles. The van der Waals surface area contributed by atoms with Crippen molar-refractivity contribution in [2.24, 2.45) is 5.73 Å². The summed E-state index contributed by atoms with van der Waals surface area (Å²) in [6.07, 6.45) is 4.38. The van der Waals surface area contributed by atoms with Crippen molar-refractivity contribution in [2.45, 2.75) is 23.8 Å². The van der Waals surface area contributed by atoms with Gasteiger partial charge in [-0.05, 0) is 42.4 Å². The Kier molecular flexibility index (Phi) is 2.11. The Labute approximate surface area is 77.3 Å². The van der Waals surface area contributed by atoms with Gasteiger partial charge in [0.15, 0.2) is 0 Å². The van der Waals surface area contributed by atoms with Gasteiger partial charge in [-0.3, -0.25) is 0 Å². The lowest BCUT2D eigenvalue weighted by molar-refractivity contribution is 0.713. The molecule has 0 saturated carbocycles. The molecule has 1 aromatic rings. The molecule has 1 aliphatic carbocycles. The van der Waals surface area contributed by atoms with Gasteiger partial charge in [0.05, 0.1) is 0 Å². The Balaban J connectivity index is 2.41. The van der Waals surface area contributed by atoms with E-state index in [1.165, 1.54) is 16.0 Å². The second-order valence-electron chi connectivity index (χ2n) is 3.21. The number of benzene rings is 1. The van der Waals surface area contributed by atoms with E-state index in [-0.39, 0.29) is 6.04 Å². The van der Waals surface area contributed by atoms with Crippen LogP contribution in [0.4, 0.5) is 0 Å². The highest BCUT2D eigenvalue weighted by molar-refractivity contribution is 7.98. The molecule has 0 saturated heterocycles. The van der Waals surface area contributed by atoms with Crippen molar-refractivity contribution in [1.29, 1.82) is 0 Å². The molecule has 0 amide bonds. The van der Waals surface area contributed by atoms with Gasteiger partial charge in [-0.1, -0.05) is 6.07 Å². The van der Waals surface area contributed by atoms with Crippen molar-refractivity contribution < 1.29 is 0 Å². The highest BCUT2D eigenvalue weighted by Gasteiger charge is 2.18. The maximum atomic E-state index is 5.93. The van der Waals surface area contributed by atoms with Gasteiger partial charge < -0.3 is 5.73 Å². The van der Waals surface area contributed by atoms with E-state index < -0.39 is 0 Å². The number of rotatable bonds is 1. The van der Waals surface area contributed by atoms with E-state index in [9.17, 15) is 0 Å². The maximum absolute atomic E-state index is 5.93. The van der Waals surface area contributed by atoms with Gasteiger partial charge in [-0.25, -0.2) is 0 Å². The average Bonchev–Trinajstić information content (AvgIpc) is 2.47. The van der Waals surface area contributed by atoms with Gasteiger partial charge in [0.2, 0.25) is 0 Å². The first-order valence-corrected chi connectivity index (χ1v) is 5.46. The molecule has 0 bridgehead atoms. The van der Waals surface area contributed by atoms with Gasteiger partial charge in [0.1, 0.15) is 0 Å². The van der Waals surface area contributed by atoms with E-state index in [1.807, 2.05) is 0 Å². The van der Waals surface area contributed by atoms with E-state index in [2.05, 4.69) is 24.5 Å². The van der Waals surface area contributed by atoms with E-state index in [0.29, 0.717) is 0 Å². The quantitative estimate of drug-likeness (QED) is 0.670. The molecule has 1 unspecified atom stereocenters. The number of hydrogen-bond donors (Lipinski definition) is 1. The van der Waals surface area contributed by atoms with Crippen molar-refractivity contribution in [3.05, 3.63) is 29.3 Å². The van der Waals surface area contributed by atoms with Crippen LogP contribution in [0.15, 0.2) is 23.1 Å². The topological polar surface area (TPSA) is 26.0 Å². The minimum absolute atomic E-state index is 0.288. The van der Waals surface area contributed by atoms with Gasteiger partial charge in [-0.2, -0.15) is 0 Å². The molecule has 0 radical (unpaired) electrons. The highest BCUT2D eigenvalue weighted by Crippen LogP contribution is 2.31. The van der Waals surface area contributed by atoms with Crippen molar-refractivity contribution in [3.8, 4) is 0 Å². The summed E-state index contributed by atoms with van der Waals surface area (Å²) >= 11 is 1.80. The Bertz CT molecular complexity index is 296. The number of nitrogens with two attached hydrogens (primary N) is 1. The number of hydrogen-bond acceptors (Lipinski definition) is 2. The number of aryl methyl sites for hydroxylation is 1. The van der Waals surface area contributed by atoms with Crippen LogP contribution in [0.3, 0.4) is 0 Å². The maximum Gasteiger partial charge on any atom is 0.0300 e. The molecule has 12 heavy (non-hydrogen) atoms. The molecule has 2 N–H and O–H groups in total. The van der Waals surface area contributed by atoms with Crippen LogP contribution in [0.25, 0.3) is 0 Å². The van der Waals surface area contributed by atoms with E-state index in [1.54, 1.807) is 11.8 Å². The first kappa shape index (κ1) is 8.14. The van der Waals surface area contributed by atoms with Crippen LogP contribution >= 0.6 is 11.8 Å². The van der Waals surface area contributed by atoms with Crippen LogP contribution in [0.2, 0.25) is 0 Å². The molecule has 0 aromatic heterocycles. The second kappa shape index (κ2) is 3.11. The van der Waals surface area contributed by atoms with Gasteiger partial charge in [-0.15, -0.1) is 11.8 Å². The van der Waals surface area contributed by atoms with Crippen LogP contribution in [-0.2, 0) is 6.42 Å². The third kappa shape index (κ3) is 1.25. The van der Waals surface area contributed by atoms with Crippen molar-refractivity contribution in [2.75, 3.05) is 6.26 Å². The predicted molar refractivity (Wildman–Crippen MR) is 53.5 cm³/mol. The molecule has 1 nitrogen and oxygen atoms in total. The Morgan fingerprint density at radius 1 is 1.50 bits per heavy atom. The summed E-state index contributed by atoms with van der Waals surface area (Å²) in [6, 6.07) is 6.90. The fraction of sp³-hybridized carbons (Fsp3) is 0.400. The smallest absolute Gasteiger partial charge is 0.0300 e. The summed E-state index contributed by atoms with van der Waals surface area (Å²) in [5.41, 5.74) is 8.74. The predicted octanol–water partition coefficient (Wildman–Crippen LogP) is 2.35. The lowest BCUT2D eigenvalue weighted by Crippen LogP contribution is -2.04. The SMILES string of the molecule is CSc1ccc2c(c1)CCC2N. The highest BCUT2D eigenvalue weighted by atomic mass is 32.2. The van der Waals surface area contributed by atoms with Crippen LogP contribution in [0.1, 0.15) is 23.6 Å². The molecule has 2 rings (SSSR count). The monoisotopic (exact) mass is 179 g/mol. The lowest BCUT2D eigenvalue weighted by atomic mass is 10.1. The molecule has 1 aromatic carbocycles. The summed E-state index contributed by atoms with van der Waals surface area (Å²) in [5.74, 6) is 0. The second-order valence-corrected chi connectivity index (χ2v) is 4.09. The molecule has 2 heteroatoms. The van der Waals surface area contributed by atoms with E-state index in [4.69, 9.17) is 5.73 Å². The lowest BCUT2D eigenvalue weighted by Gasteiger charge is -2.04. The third-order valence-corrected chi connectivity index (χ3v) is 3.20. The van der Waals surface area contributed by atoms with Gasteiger partial charge >= 0.3 is 0 Å². The third-order valence-electron chi connectivity index (χ3n) is 2.47. The summed E-state index contributed by atoms with van der Waals surface area (Å²) in [7, 11) is 0. The van der Waals surface area contributed by atoms with Crippen LogP contribution in [-0.4, -0.2) is 6.26 Å². The zero-order chi connectivity index (χ0) is 8.55. The van der Waals surface area contributed by atoms with Crippen molar-refractivity contribution >= 4 is 11.8 Å². The molecule has 1 atom stereocenters. The Morgan fingerprint density at radius 3 is 3.08 bits per heavy atom. The molecular weight excluding hydrogens is 166 g/mol. The first-order chi connectivity index (χ1) is 5.81. The fourth-order valence-electron chi connectivity index (χ4n) is 1.75. The van der Waals surface area contributed by atoms with Crippen LogP contribution in [0.5, 0.6) is 0 Å². The zero-order valence-corrected chi connectivity index (χ0v) is 8.03. The van der Waals surface area contributed by atoms with Crippen molar-refractivity contribution in [1.82, 2.24) is 0 Å². The zero-order valence-electron chi connectivity index (χ0n) is 7.21.